The Kier molecular flexibility index (Phi) is 3.70. The van der Waals surface area contributed by atoms with Gasteiger partial charge in [-0.25, -0.2) is 0 Å². The predicted molar refractivity (Wildman–Crippen MR) is 37.4 cm³/mol. The van der Waals surface area contributed by atoms with Gasteiger partial charge >= 0.3 is 0 Å². The van der Waals surface area contributed by atoms with Crippen molar-refractivity contribution >= 4 is 0 Å². The SMILES string of the molecule is C#CC=CC(C)=CC. The fraction of sp³-hybridized carbons (Fsp3) is 0.250. The van der Waals surface area contributed by atoms with Gasteiger partial charge < -0.3 is 0 Å². The van der Waals surface area contributed by atoms with Gasteiger partial charge in [-0.2, -0.15) is 0 Å². The molecule has 0 radical (unpaired) electrons. The molecule has 0 amide bonds. The fourth-order valence-corrected chi connectivity index (χ4v) is 0.276. The van der Waals surface area contributed by atoms with Crippen molar-refractivity contribution in [3.05, 3.63) is 23.8 Å². The van der Waals surface area contributed by atoms with Gasteiger partial charge in [0.15, 0.2) is 0 Å². The summed E-state index contributed by atoms with van der Waals surface area (Å²) in [5, 5.41) is 0. The summed E-state index contributed by atoms with van der Waals surface area (Å²) in [6.07, 6.45) is 10.6. The van der Waals surface area contributed by atoms with Crippen LogP contribution < -0.4 is 0 Å². The quantitative estimate of drug-likeness (QED) is 0.355. The summed E-state index contributed by atoms with van der Waals surface area (Å²) < 4.78 is 0. The summed E-state index contributed by atoms with van der Waals surface area (Å²) >= 11 is 0. The van der Waals surface area contributed by atoms with E-state index < -0.39 is 0 Å². The molecule has 0 rings (SSSR count). The van der Waals surface area contributed by atoms with Crippen molar-refractivity contribution in [2.75, 3.05) is 0 Å². The molecule has 0 saturated heterocycles. The zero-order valence-electron chi connectivity index (χ0n) is 5.31. The van der Waals surface area contributed by atoms with Crippen LogP contribution in [0, 0.1) is 12.3 Å². The van der Waals surface area contributed by atoms with E-state index in [1.807, 2.05) is 26.0 Å². The highest BCUT2D eigenvalue weighted by Crippen LogP contribution is 1.91. The number of rotatable bonds is 1. The average molecular weight is 106 g/mol. The molecule has 0 nitrogen and oxygen atoms in total. The minimum Gasteiger partial charge on any atom is -0.115 e. The number of terminal acetylenes is 1. The van der Waals surface area contributed by atoms with Crippen LogP contribution in [-0.4, -0.2) is 0 Å². The minimum atomic E-state index is 1.20. The first-order valence-corrected chi connectivity index (χ1v) is 2.57. The van der Waals surface area contributed by atoms with Gasteiger partial charge in [-0.05, 0) is 19.9 Å². The van der Waals surface area contributed by atoms with Crippen LogP contribution in [0.5, 0.6) is 0 Å². The highest BCUT2D eigenvalue weighted by atomic mass is 13.8. The molecule has 0 spiro atoms. The second kappa shape index (κ2) is 4.21. The van der Waals surface area contributed by atoms with Gasteiger partial charge in [-0.15, -0.1) is 6.42 Å². The molecule has 0 saturated carbocycles. The number of hydrogen-bond acceptors (Lipinski definition) is 0. The molecular weight excluding hydrogens is 96.1 g/mol. The molecule has 0 heterocycles. The molecule has 0 heteroatoms. The van der Waals surface area contributed by atoms with Crippen LogP contribution in [0.25, 0.3) is 0 Å². The van der Waals surface area contributed by atoms with Crippen molar-refractivity contribution in [1.29, 1.82) is 0 Å². The normalized spacial score (nSPS) is 11.9. The Bertz CT molecular complexity index is 142. The second-order valence-corrected chi connectivity index (χ2v) is 1.53. The van der Waals surface area contributed by atoms with Crippen molar-refractivity contribution < 1.29 is 0 Å². The van der Waals surface area contributed by atoms with E-state index in [0.29, 0.717) is 0 Å². The third-order valence-corrected chi connectivity index (χ3v) is 0.898. The Morgan fingerprint density at radius 1 is 1.62 bits per heavy atom. The first-order chi connectivity index (χ1) is 3.81. The third kappa shape index (κ3) is 3.24. The standard InChI is InChI=1S/C8H10/c1-4-6-7-8(3)5-2/h1,5-7H,2-3H3. The molecule has 42 valence electrons. The highest BCUT2D eigenvalue weighted by Gasteiger charge is 1.71. The predicted octanol–water partition coefficient (Wildman–Crippen LogP) is 2.14. The van der Waals surface area contributed by atoms with Crippen LogP contribution in [-0.2, 0) is 0 Å². The van der Waals surface area contributed by atoms with Crippen molar-refractivity contribution in [1.82, 2.24) is 0 Å². The van der Waals surface area contributed by atoms with E-state index in [1.54, 1.807) is 6.08 Å². The number of hydrogen-bond donors (Lipinski definition) is 0. The van der Waals surface area contributed by atoms with E-state index in [4.69, 9.17) is 6.42 Å². The van der Waals surface area contributed by atoms with Gasteiger partial charge in [0.05, 0.1) is 0 Å². The lowest BCUT2D eigenvalue weighted by Gasteiger charge is -1.81. The Morgan fingerprint density at radius 3 is 2.62 bits per heavy atom. The van der Waals surface area contributed by atoms with Gasteiger partial charge in [0.1, 0.15) is 0 Å². The van der Waals surface area contributed by atoms with E-state index in [1.165, 1.54) is 5.57 Å². The van der Waals surface area contributed by atoms with Gasteiger partial charge in [0.25, 0.3) is 0 Å². The van der Waals surface area contributed by atoms with Gasteiger partial charge in [0.2, 0.25) is 0 Å². The van der Waals surface area contributed by atoms with Crippen molar-refractivity contribution in [2.45, 2.75) is 13.8 Å². The summed E-state index contributed by atoms with van der Waals surface area (Å²) in [6, 6.07) is 0. The first-order valence-electron chi connectivity index (χ1n) is 2.57. The highest BCUT2D eigenvalue weighted by molar-refractivity contribution is 5.22. The average Bonchev–Trinajstić information content (AvgIpc) is 1.83. The topological polar surface area (TPSA) is 0 Å². The monoisotopic (exact) mass is 106 g/mol. The zero-order chi connectivity index (χ0) is 6.41. The molecule has 0 aliphatic heterocycles. The van der Waals surface area contributed by atoms with Crippen LogP contribution in [0.1, 0.15) is 13.8 Å². The molecule has 0 aliphatic carbocycles. The van der Waals surface area contributed by atoms with Crippen LogP contribution >= 0.6 is 0 Å². The van der Waals surface area contributed by atoms with Crippen LogP contribution in [0.15, 0.2) is 23.8 Å². The summed E-state index contributed by atoms with van der Waals surface area (Å²) in [5.41, 5.74) is 1.20. The zero-order valence-corrected chi connectivity index (χ0v) is 5.31. The lowest BCUT2D eigenvalue weighted by molar-refractivity contribution is 1.48. The van der Waals surface area contributed by atoms with E-state index in [0.717, 1.165) is 0 Å². The maximum absolute atomic E-state index is 4.97. The minimum absolute atomic E-state index is 1.20. The first kappa shape index (κ1) is 7.04. The summed E-state index contributed by atoms with van der Waals surface area (Å²) in [5.74, 6) is 2.41. The Labute approximate surface area is 50.9 Å². The van der Waals surface area contributed by atoms with E-state index in [-0.39, 0.29) is 0 Å². The van der Waals surface area contributed by atoms with Gasteiger partial charge in [-0.3, -0.25) is 0 Å². The third-order valence-electron chi connectivity index (χ3n) is 0.898. The molecule has 8 heavy (non-hydrogen) atoms. The molecule has 0 aromatic heterocycles. The molecule has 0 aromatic carbocycles. The summed E-state index contributed by atoms with van der Waals surface area (Å²) in [4.78, 5) is 0. The number of allylic oxidation sites excluding steroid dienone is 4. The van der Waals surface area contributed by atoms with Crippen molar-refractivity contribution in [2.24, 2.45) is 0 Å². The molecule has 0 aliphatic rings. The largest absolute Gasteiger partial charge is 0.115 e. The Hall–Kier alpha value is -0.960. The second-order valence-electron chi connectivity index (χ2n) is 1.53. The molecule has 0 aromatic rings. The molecule has 0 unspecified atom stereocenters. The van der Waals surface area contributed by atoms with Crippen LogP contribution in [0.3, 0.4) is 0 Å². The van der Waals surface area contributed by atoms with Crippen molar-refractivity contribution in [3.8, 4) is 12.3 Å². The maximum atomic E-state index is 4.97. The van der Waals surface area contributed by atoms with E-state index in [9.17, 15) is 0 Å². The Balaban J connectivity index is 3.75. The maximum Gasteiger partial charge on any atom is -0.0119 e. The van der Waals surface area contributed by atoms with Gasteiger partial charge in [-0.1, -0.05) is 23.6 Å². The van der Waals surface area contributed by atoms with E-state index >= 15 is 0 Å². The lowest BCUT2D eigenvalue weighted by atomic mass is 10.3. The van der Waals surface area contributed by atoms with Crippen LogP contribution in [0.2, 0.25) is 0 Å². The molecule has 0 N–H and O–H groups in total. The summed E-state index contributed by atoms with van der Waals surface area (Å²) in [7, 11) is 0. The van der Waals surface area contributed by atoms with Gasteiger partial charge in [0, 0.05) is 0 Å². The van der Waals surface area contributed by atoms with Crippen molar-refractivity contribution in [3.63, 3.8) is 0 Å². The lowest BCUT2D eigenvalue weighted by Crippen LogP contribution is -1.61. The molecule has 0 bridgehead atoms. The fourth-order valence-electron chi connectivity index (χ4n) is 0.276. The molecule has 0 atom stereocenters. The van der Waals surface area contributed by atoms with E-state index in [2.05, 4.69) is 5.92 Å². The van der Waals surface area contributed by atoms with Crippen LogP contribution in [0.4, 0.5) is 0 Å². The molecular formula is C8H10. The smallest absolute Gasteiger partial charge is 0.0119 e. The summed E-state index contributed by atoms with van der Waals surface area (Å²) in [6.45, 7) is 3.99. The molecule has 0 fully saturated rings. The Morgan fingerprint density at radius 2 is 2.25 bits per heavy atom.